The molecule has 4 aromatic rings. The van der Waals surface area contributed by atoms with Crippen LogP contribution in [0.25, 0.3) is 0 Å². The summed E-state index contributed by atoms with van der Waals surface area (Å²) in [6.07, 6.45) is -0.924. The molecule has 1 fully saturated rings. The summed E-state index contributed by atoms with van der Waals surface area (Å²) in [6.45, 7) is 0.0230. The molecule has 0 bridgehead atoms. The number of hydrogen-bond donors (Lipinski definition) is 2. The first kappa shape index (κ1) is 26.4. The molecule has 0 amide bonds. The van der Waals surface area contributed by atoms with E-state index in [1.54, 1.807) is 14.2 Å². The molecule has 2 heterocycles. The lowest BCUT2D eigenvalue weighted by Crippen LogP contribution is -2.38. The second kappa shape index (κ2) is 11.2. The first-order chi connectivity index (χ1) is 18.9. The van der Waals surface area contributed by atoms with Gasteiger partial charge in [0.15, 0.2) is 0 Å². The third-order valence-electron chi connectivity index (χ3n) is 6.90. The van der Waals surface area contributed by atoms with Gasteiger partial charge in [-0.2, -0.15) is 4.98 Å². The molecule has 10 heteroatoms. The summed E-state index contributed by atoms with van der Waals surface area (Å²) in [5, 5.41) is 10.9. The average molecular weight is 531 g/mol. The Labute approximate surface area is 225 Å². The smallest absolute Gasteiger partial charge is 0.354 e. The summed E-state index contributed by atoms with van der Waals surface area (Å²) in [4.78, 5) is 19.9. The first-order valence-corrected chi connectivity index (χ1v) is 12.5. The third kappa shape index (κ3) is 5.22. The molecule has 0 saturated carbocycles. The van der Waals surface area contributed by atoms with Crippen LogP contribution in [0.2, 0.25) is 0 Å². The molecule has 0 unspecified atom stereocenters. The molecule has 202 valence electrons. The number of benzene rings is 3. The highest BCUT2D eigenvalue weighted by Crippen LogP contribution is 2.42. The maximum absolute atomic E-state index is 12.3. The molecule has 1 saturated heterocycles. The Bertz CT molecular complexity index is 1400. The Morgan fingerprint density at radius 1 is 0.949 bits per heavy atom. The van der Waals surface area contributed by atoms with E-state index in [4.69, 9.17) is 24.7 Å². The van der Waals surface area contributed by atoms with Gasteiger partial charge in [0.25, 0.3) is 0 Å². The van der Waals surface area contributed by atoms with Crippen LogP contribution >= 0.6 is 0 Å². The van der Waals surface area contributed by atoms with Gasteiger partial charge >= 0.3 is 5.69 Å². The number of rotatable bonds is 9. The van der Waals surface area contributed by atoms with Crippen LogP contribution in [0, 0.1) is 0 Å². The summed E-state index contributed by atoms with van der Waals surface area (Å²) < 4.78 is 24.9. The van der Waals surface area contributed by atoms with E-state index >= 15 is 0 Å². The number of methoxy groups -OCH3 is 2. The molecule has 1 aliphatic rings. The predicted octanol–water partition coefficient (Wildman–Crippen LogP) is 2.89. The van der Waals surface area contributed by atoms with Crippen LogP contribution in [0.15, 0.2) is 90.0 Å². The molecule has 0 radical (unpaired) electrons. The van der Waals surface area contributed by atoms with Crippen LogP contribution in [0.4, 0.5) is 5.95 Å². The van der Waals surface area contributed by atoms with Gasteiger partial charge in [-0.15, -0.1) is 0 Å². The van der Waals surface area contributed by atoms with E-state index < -0.39 is 29.7 Å². The number of aliphatic hydroxyl groups is 1. The van der Waals surface area contributed by atoms with Crippen molar-refractivity contribution in [1.82, 2.24) is 14.5 Å². The summed E-state index contributed by atoms with van der Waals surface area (Å²) in [7, 11) is 3.23. The van der Waals surface area contributed by atoms with E-state index in [-0.39, 0.29) is 19.0 Å². The normalized spacial score (nSPS) is 19.1. The minimum Gasteiger partial charge on any atom is -0.497 e. The van der Waals surface area contributed by atoms with Crippen LogP contribution < -0.4 is 20.9 Å². The molecule has 1 aliphatic heterocycles. The fraction of sp³-hybridized carbons (Fsp3) is 0.276. The summed E-state index contributed by atoms with van der Waals surface area (Å²) in [6, 6.07) is 25.2. The lowest BCUT2D eigenvalue weighted by molar-refractivity contribution is -0.0945. The van der Waals surface area contributed by atoms with Gasteiger partial charge in [-0.25, -0.2) is 9.78 Å². The quantitative estimate of drug-likeness (QED) is 0.314. The highest BCUT2D eigenvalue weighted by atomic mass is 16.6. The van der Waals surface area contributed by atoms with Crippen LogP contribution in [0.3, 0.4) is 0 Å². The Morgan fingerprint density at radius 3 is 2.05 bits per heavy atom. The zero-order valence-corrected chi connectivity index (χ0v) is 21.6. The first-order valence-electron chi connectivity index (χ1n) is 12.5. The van der Waals surface area contributed by atoms with Crippen LogP contribution in [-0.2, 0) is 15.1 Å². The van der Waals surface area contributed by atoms with E-state index in [1.807, 2.05) is 78.9 Å². The van der Waals surface area contributed by atoms with Gasteiger partial charge in [0.2, 0.25) is 5.95 Å². The third-order valence-corrected chi connectivity index (χ3v) is 6.90. The van der Waals surface area contributed by atoms with E-state index in [2.05, 4.69) is 9.97 Å². The molecule has 10 nitrogen and oxygen atoms in total. The van der Waals surface area contributed by atoms with E-state index in [0.29, 0.717) is 11.5 Å². The van der Waals surface area contributed by atoms with Crippen molar-refractivity contribution >= 4 is 5.95 Å². The molecule has 0 aliphatic carbocycles. The second-order valence-corrected chi connectivity index (χ2v) is 9.15. The minimum atomic E-state index is -1.07. The Hall–Kier alpha value is -4.25. The summed E-state index contributed by atoms with van der Waals surface area (Å²) in [5.41, 5.74) is 6.44. The summed E-state index contributed by atoms with van der Waals surface area (Å²) in [5.74, 6) is 1.30. The van der Waals surface area contributed by atoms with Crippen LogP contribution in [0.1, 0.15) is 29.3 Å². The van der Waals surface area contributed by atoms with E-state index in [1.165, 1.54) is 10.9 Å². The lowest BCUT2D eigenvalue weighted by Gasteiger charge is -2.37. The summed E-state index contributed by atoms with van der Waals surface area (Å²) >= 11 is 0. The maximum atomic E-state index is 12.3. The number of ether oxygens (including phenoxy) is 4. The van der Waals surface area contributed by atoms with Gasteiger partial charge in [-0.3, -0.25) is 4.57 Å². The monoisotopic (exact) mass is 530 g/mol. The van der Waals surface area contributed by atoms with Gasteiger partial charge in [-0.1, -0.05) is 54.6 Å². The molecule has 0 spiro atoms. The molecular weight excluding hydrogens is 500 g/mol. The molecular formula is C29H30N4O6. The van der Waals surface area contributed by atoms with Crippen molar-refractivity contribution in [2.45, 2.75) is 30.5 Å². The van der Waals surface area contributed by atoms with Crippen molar-refractivity contribution in [3.8, 4) is 11.5 Å². The number of nitrogen functional groups attached to an aromatic ring is 1. The number of nitrogens with two attached hydrogens (primary N) is 1. The van der Waals surface area contributed by atoms with Crippen molar-refractivity contribution in [1.29, 1.82) is 0 Å². The second-order valence-electron chi connectivity index (χ2n) is 9.15. The van der Waals surface area contributed by atoms with E-state index in [0.717, 1.165) is 16.7 Å². The minimum absolute atomic E-state index is 0.0230. The number of nitrogens with zero attached hydrogens (tertiary/aromatic N) is 3. The molecule has 3 aromatic carbocycles. The van der Waals surface area contributed by atoms with Crippen molar-refractivity contribution in [2.24, 2.45) is 0 Å². The van der Waals surface area contributed by atoms with Crippen molar-refractivity contribution in [3.05, 3.63) is 112 Å². The zero-order chi connectivity index (χ0) is 27.4. The van der Waals surface area contributed by atoms with Crippen molar-refractivity contribution in [3.63, 3.8) is 0 Å². The average Bonchev–Trinajstić information content (AvgIpc) is 3.34. The molecule has 3 N–H and O–H groups in total. The molecule has 39 heavy (non-hydrogen) atoms. The van der Waals surface area contributed by atoms with Crippen LogP contribution in [0.5, 0.6) is 11.5 Å². The lowest BCUT2D eigenvalue weighted by atomic mass is 9.80. The van der Waals surface area contributed by atoms with Gasteiger partial charge < -0.3 is 29.8 Å². The van der Waals surface area contributed by atoms with Crippen molar-refractivity contribution < 1.29 is 24.1 Å². The fourth-order valence-corrected chi connectivity index (χ4v) is 4.87. The van der Waals surface area contributed by atoms with Gasteiger partial charge in [0.1, 0.15) is 35.8 Å². The van der Waals surface area contributed by atoms with Gasteiger partial charge in [0, 0.05) is 6.42 Å². The zero-order valence-electron chi connectivity index (χ0n) is 21.6. The maximum Gasteiger partial charge on any atom is 0.354 e. The Morgan fingerprint density at radius 2 is 1.51 bits per heavy atom. The van der Waals surface area contributed by atoms with Crippen molar-refractivity contribution in [2.75, 3.05) is 26.6 Å². The highest BCUT2D eigenvalue weighted by molar-refractivity contribution is 5.49. The van der Waals surface area contributed by atoms with Gasteiger partial charge in [0.05, 0.1) is 26.9 Å². The highest BCUT2D eigenvalue weighted by Gasteiger charge is 2.42. The predicted molar refractivity (Wildman–Crippen MR) is 144 cm³/mol. The Kier molecular flexibility index (Phi) is 7.60. The standard InChI is InChI=1S/C29H30N4O6/c1-36-22-12-8-20(9-13-22)29(19-6-4-3-5-7-19,21-10-14-23(37-2)15-11-21)38-17-25-24(34)16-26(39-25)33-18-31-27(30)32-28(33)35/h3-15,18,24-26,34H,16-17H2,1-2H3,(H2,30,32,35)/t24-,25+,26+/m0/s1. The molecule has 1 aromatic heterocycles. The van der Waals surface area contributed by atoms with Crippen LogP contribution in [-0.4, -0.2) is 52.7 Å². The SMILES string of the molecule is COc1ccc(C(OC[C@H]2O[C@@H](n3cnc(N)nc3=O)C[C@@H]2O)(c2ccccc2)c2ccc(OC)cc2)cc1. The fourth-order valence-electron chi connectivity index (χ4n) is 4.87. The number of aromatic nitrogens is 3. The number of anilines is 1. The number of hydrogen-bond acceptors (Lipinski definition) is 9. The largest absolute Gasteiger partial charge is 0.497 e. The topological polar surface area (TPSA) is 131 Å². The number of aliphatic hydroxyl groups excluding tert-OH is 1. The Balaban J connectivity index is 1.53. The van der Waals surface area contributed by atoms with Gasteiger partial charge in [-0.05, 0) is 41.0 Å². The van der Waals surface area contributed by atoms with E-state index in [9.17, 15) is 9.90 Å². The molecule has 3 atom stereocenters. The molecule has 5 rings (SSSR count).